The predicted octanol–water partition coefficient (Wildman–Crippen LogP) is 2.15. The van der Waals surface area contributed by atoms with Crippen molar-refractivity contribution in [1.82, 2.24) is 4.57 Å². The maximum absolute atomic E-state index is 4.18. The van der Waals surface area contributed by atoms with Crippen molar-refractivity contribution in [1.29, 1.82) is 0 Å². The molecule has 0 aliphatic heterocycles. The van der Waals surface area contributed by atoms with Gasteiger partial charge in [0.15, 0.2) is 0 Å². The number of aromatic nitrogens is 1. The lowest BCUT2D eigenvalue weighted by atomic mass is 10.1. The second-order valence-corrected chi connectivity index (χ2v) is 3.30. The van der Waals surface area contributed by atoms with E-state index in [4.69, 9.17) is 0 Å². The van der Waals surface area contributed by atoms with Crippen LogP contribution in [-0.4, -0.2) is 11.6 Å². The van der Waals surface area contributed by atoms with Crippen LogP contribution in [0.4, 0.5) is 0 Å². The Morgan fingerprint density at radius 1 is 1.46 bits per heavy atom. The zero-order valence-electron chi connectivity index (χ0n) is 8.49. The fourth-order valence-corrected chi connectivity index (χ4v) is 1.14. The van der Waals surface area contributed by atoms with Crippen LogP contribution in [0.2, 0.25) is 0 Å². The lowest BCUT2D eigenvalue weighted by Gasteiger charge is -2.13. The molecule has 2 heteroatoms. The largest absolute Gasteiger partial charge is 0.306 e. The highest BCUT2D eigenvalue weighted by Gasteiger charge is 2.01. The summed E-state index contributed by atoms with van der Waals surface area (Å²) >= 11 is 0. The highest BCUT2D eigenvalue weighted by molar-refractivity contribution is 5.42. The fraction of sp³-hybridized carbons (Fsp3) is 0.364. The average molecular weight is 176 g/mol. The Morgan fingerprint density at radius 2 is 2.15 bits per heavy atom. The van der Waals surface area contributed by atoms with Gasteiger partial charge in [0, 0.05) is 18.9 Å². The molecule has 0 aliphatic rings. The zero-order valence-corrected chi connectivity index (χ0v) is 8.49. The summed E-state index contributed by atoms with van der Waals surface area (Å²) in [6.45, 7) is 8.29. The Morgan fingerprint density at radius 3 is 2.69 bits per heavy atom. The Labute approximate surface area is 79.3 Å². The molecule has 2 nitrogen and oxygen atoms in total. The summed E-state index contributed by atoms with van der Waals surface area (Å²) in [5, 5.41) is 0. The number of rotatable bonds is 2. The van der Waals surface area contributed by atoms with Crippen molar-refractivity contribution >= 4 is 5.70 Å². The van der Waals surface area contributed by atoms with E-state index < -0.39 is 0 Å². The van der Waals surface area contributed by atoms with Crippen molar-refractivity contribution in [3.05, 3.63) is 36.5 Å². The highest BCUT2D eigenvalue weighted by atomic mass is 15.0. The van der Waals surface area contributed by atoms with Gasteiger partial charge in [-0.2, -0.15) is 0 Å². The van der Waals surface area contributed by atoms with Crippen LogP contribution < -0.4 is 5.49 Å². The molecular weight excluding hydrogens is 160 g/mol. The first-order valence-electron chi connectivity index (χ1n) is 4.46. The molecule has 0 amide bonds. The van der Waals surface area contributed by atoms with Crippen molar-refractivity contribution < 1.29 is 0 Å². The minimum atomic E-state index is 0.438. The lowest BCUT2D eigenvalue weighted by Crippen LogP contribution is -2.20. The molecular formula is C11H16N2. The van der Waals surface area contributed by atoms with Crippen LogP contribution >= 0.6 is 0 Å². The average Bonchev–Trinajstić information content (AvgIpc) is 2.16. The topological polar surface area (TPSA) is 17.3 Å². The van der Waals surface area contributed by atoms with Gasteiger partial charge in [0.1, 0.15) is 5.49 Å². The normalized spacial score (nSPS) is 12.2. The molecule has 0 atom stereocenters. The van der Waals surface area contributed by atoms with Gasteiger partial charge in [-0.05, 0) is 18.1 Å². The van der Waals surface area contributed by atoms with Gasteiger partial charge in [0.25, 0.3) is 0 Å². The summed E-state index contributed by atoms with van der Waals surface area (Å²) in [7, 11) is 1.79. The van der Waals surface area contributed by atoms with Crippen molar-refractivity contribution in [3.63, 3.8) is 0 Å². The van der Waals surface area contributed by atoms with Crippen molar-refractivity contribution in [3.8, 4) is 0 Å². The van der Waals surface area contributed by atoms with E-state index in [0.717, 1.165) is 11.2 Å². The molecule has 0 fully saturated rings. The summed E-state index contributed by atoms with van der Waals surface area (Å²) in [5.74, 6) is 0.438. The summed E-state index contributed by atoms with van der Waals surface area (Å²) in [6.07, 6.45) is 1.99. The van der Waals surface area contributed by atoms with Crippen LogP contribution in [-0.2, 0) is 0 Å². The van der Waals surface area contributed by atoms with E-state index in [1.165, 1.54) is 0 Å². The number of hydrogen-bond acceptors (Lipinski definition) is 1. The quantitative estimate of drug-likeness (QED) is 0.657. The van der Waals surface area contributed by atoms with Gasteiger partial charge < -0.3 is 4.57 Å². The molecule has 0 bridgehead atoms. The van der Waals surface area contributed by atoms with Gasteiger partial charge in [-0.1, -0.05) is 26.5 Å². The molecule has 0 aromatic carbocycles. The molecule has 0 spiro atoms. The molecule has 0 unspecified atom stereocenters. The summed E-state index contributed by atoms with van der Waals surface area (Å²) in [4.78, 5) is 4.18. The Kier molecular flexibility index (Phi) is 3.07. The third-order valence-corrected chi connectivity index (χ3v) is 2.04. The van der Waals surface area contributed by atoms with Gasteiger partial charge in [0.05, 0.1) is 0 Å². The molecule has 0 aliphatic carbocycles. The van der Waals surface area contributed by atoms with Gasteiger partial charge in [-0.15, -0.1) is 0 Å². The minimum absolute atomic E-state index is 0.438. The van der Waals surface area contributed by atoms with Crippen LogP contribution in [0.1, 0.15) is 13.8 Å². The lowest BCUT2D eigenvalue weighted by molar-refractivity contribution is 0.771. The molecule has 1 heterocycles. The predicted molar refractivity (Wildman–Crippen MR) is 56.1 cm³/mol. The molecule has 1 aromatic rings. The molecule has 0 saturated carbocycles. The molecule has 1 rings (SSSR count). The summed E-state index contributed by atoms with van der Waals surface area (Å²) in [6, 6.07) is 5.95. The van der Waals surface area contributed by atoms with E-state index in [2.05, 4.69) is 25.4 Å². The second-order valence-electron chi connectivity index (χ2n) is 3.30. The first-order valence-corrected chi connectivity index (χ1v) is 4.46. The third-order valence-electron chi connectivity index (χ3n) is 2.04. The van der Waals surface area contributed by atoms with Crippen molar-refractivity contribution in [2.75, 3.05) is 7.05 Å². The summed E-state index contributed by atoms with van der Waals surface area (Å²) < 4.78 is 2.02. The number of nitrogens with zero attached hydrogens (tertiary/aromatic N) is 2. The molecule has 0 saturated heterocycles. The highest BCUT2D eigenvalue weighted by Crippen LogP contribution is 2.09. The third kappa shape index (κ3) is 2.08. The van der Waals surface area contributed by atoms with E-state index in [1.54, 1.807) is 7.05 Å². The molecule has 13 heavy (non-hydrogen) atoms. The molecule has 0 radical (unpaired) electrons. The van der Waals surface area contributed by atoms with E-state index in [-0.39, 0.29) is 0 Å². The first kappa shape index (κ1) is 9.78. The first-order chi connectivity index (χ1) is 6.16. The van der Waals surface area contributed by atoms with Crippen LogP contribution in [0.15, 0.2) is 36.0 Å². The van der Waals surface area contributed by atoms with E-state index in [9.17, 15) is 0 Å². The number of hydrogen-bond donors (Lipinski definition) is 0. The van der Waals surface area contributed by atoms with Crippen molar-refractivity contribution in [2.45, 2.75) is 13.8 Å². The Bertz CT molecular complexity index is 358. The molecule has 1 aromatic heterocycles. The van der Waals surface area contributed by atoms with Gasteiger partial charge in [0.2, 0.25) is 0 Å². The zero-order chi connectivity index (χ0) is 9.84. The van der Waals surface area contributed by atoms with E-state index >= 15 is 0 Å². The van der Waals surface area contributed by atoms with Crippen LogP contribution in [0.5, 0.6) is 0 Å². The van der Waals surface area contributed by atoms with Crippen LogP contribution in [0.25, 0.3) is 5.70 Å². The summed E-state index contributed by atoms with van der Waals surface area (Å²) in [5.41, 5.74) is 2.02. The fourth-order valence-electron chi connectivity index (χ4n) is 1.14. The minimum Gasteiger partial charge on any atom is -0.306 e. The maximum Gasteiger partial charge on any atom is 0.131 e. The Balaban J connectivity index is 3.22. The van der Waals surface area contributed by atoms with Gasteiger partial charge >= 0.3 is 0 Å². The van der Waals surface area contributed by atoms with Crippen LogP contribution in [0, 0.1) is 5.92 Å². The molecule has 0 N–H and O–H groups in total. The van der Waals surface area contributed by atoms with E-state index in [0.29, 0.717) is 5.92 Å². The van der Waals surface area contributed by atoms with E-state index in [1.807, 2.05) is 29.0 Å². The van der Waals surface area contributed by atoms with Crippen molar-refractivity contribution in [2.24, 2.45) is 10.9 Å². The monoisotopic (exact) mass is 176 g/mol. The smallest absolute Gasteiger partial charge is 0.131 e. The second kappa shape index (κ2) is 4.08. The number of allylic oxidation sites excluding steroid dienone is 1. The van der Waals surface area contributed by atoms with Gasteiger partial charge in [-0.25, -0.2) is 0 Å². The Hall–Kier alpha value is -1.31. The van der Waals surface area contributed by atoms with Crippen LogP contribution in [0.3, 0.4) is 0 Å². The number of pyridine rings is 1. The SMILES string of the molecule is C=C(C(C)C)n1ccccc1=NC. The van der Waals surface area contributed by atoms with Gasteiger partial charge in [-0.3, -0.25) is 4.99 Å². The molecule has 70 valence electrons. The standard InChI is InChI=1S/C11H16N2/c1-9(2)10(3)13-8-6-5-7-11(13)12-4/h5-9H,3H2,1-2,4H3. The maximum atomic E-state index is 4.18.